The number of ether oxygens (including phenoxy) is 6. The van der Waals surface area contributed by atoms with Crippen molar-refractivity contribution in [2.75, 3.05) is 39.6 Å². The zero-order valence-corrected chi connectivity index (χ0v) is 22.7. The molecule has 1 aliphatic rings. The van der Waals surface area contributed by atoms with Crippen molar-refractivity contribution in [3.8, 4) is 11.5 Å². The second-order valence-corrected chi connectivity index (χ2v) is 8.84. The first-order chi connectivity index (χ1) is 19.5. The molecule has 212 valence electrons. The number of hydrogen-bond acceptors (Lipinski definition) is 8. The molecular formula is C32H36O8. The number of hydrogen-bond donors (Lipinski definition) is 0. The van der Waals surface area contributed by atoms with Crippen LogP contribution in [0.3, 0.4) is 0 Å². The number of allylic oxidation sites excluding steroid dienone is 2. The summed E-state index contributed by atoms with van der Waals surface area (Å²) in [4.78, 5) is 23.8. The van der Waals surface area contributed by atoms with Crippen molar-refractivity contribution < 1.29 is 38.0 Å². The zero-order valence-electron chi connectivity index (χ0n) is 22.7. The van der Waals surface area contributed by atoms with Gasteiger partial charge in [0.2, 0.25) is 0 Å². The summed E-state index contributed by atoms with van der Waals surface area (Å²) in [5, 5.41) is 1.69. The molecule has 0 N–H and O–H groups in total. The van der Waals surface area contributed by atoms with Crippen LogP contribution < -0.4 is 9.47 Å². The van der Waals surface area contributed by atoms with Gasteiger partial charge in [0.1, 0.15) is 24.7 Å². The molecule has 0 aliphatic heterocycles. The zero-order chi connectivity index (χ0) is 28.7. The fourth-order valence-electron chi connectivity index (χ4n) is 4.22. The standard InChI is InChI=1S/C32H36O8/c1-5-17-35-19-23(39-29(33)7-3)21-37-31-25-13-9-11-15-27(25)32(28-16-12-10-14-26(28)31)38-22-24(20-36-18-6-2)40-30(34)8-4/h5-13,15,23-24H,1-4,14,16-22H2. The maximum Gasteiger partial charge on any atom is 0.330 e. The molecule has 2 aromatic rings. The van der Waals surface area contributed by atoms with E-state index in [9.17, 15) is 9.59 Å². The summed E-state index contributed by atoms with van der Waals surface area (Å²) in [6, 6.07) is 7.75. The Morgan fingerprint density at radius 1 is 0.700 bits per heavy atom. The summed E-state index contributed by atoms with van der Waals surface area (Å²) in [6.07, 6.45) is 9.58. The predicted molar refractivity (Wildman–Crippen MR) is 154 cm³/mol. The normalized spacial score (nSPS) is 13.4. The molecule has 2 unspecified atom stereocenters. The number of benzene rings is 2. The lowest BCUT2D eigenvalue weighted by Crippen LogP contribution is -2.30. The maximum atomic E-state index is 11.9. The fourth-order valence-corrected chi connectivity index (χ4v) is 4.22. The Morgan fingerprint density at radius 2 is 1.12 bits per heavy atom. The van der Waals surface area contributed by atoms with Gasteiger partial charge >= 0.3 is 11.9 Å². The third-order valence-electron chi connectivity index (χ3n) is 5.94. The third kappa shape index (κ3) is 8.43. The molecule has 0 saturated carbocycles. The molecule has 0 radical (unpaired) electrons. The third-order valence-corrected chi connectivity index (χ3v) is 5.94. The first kappa shape index (κ1) is 30.4. The number of esters is 2. The molecule has 2 atom stereocenters. The smallest absolute Gasteiger partial charge is 0.330 e. The number of rotatable bonds is 18. The van der Waals surface area contributed by atoms with E-state index in [4.69, 9.17) is 28.4 Å². The molecule has 2 aromatic carbocycles. The van der Waals surface area contributed by atoms with Crippen molar-refractivity contribution in [1.29, 1.82) is 0 Å². The lowest BCUT2D eigenvalue weighted by Gasteiger charge is -2.26. The summed E-state index contributed by atoms with van der Waals surface area (Å²) >= 11 is 0. The van der Waals surface area contributed by atoms with Crippen LogP contribution >= 0.6 is 0 Å². The number of fused-ring (bicyclic) bond motifs is 2. The van der Waals surface area contributed by atoms with Gasteiger partial charge in [0.25, 0.3) is 0 Å². The molecule has 1 aliphatic carbocycles. The van der Waals surface area contributed by atoms with E-state index in [1.54, 1.807) is 12.2 Å². The first-order valence-corrected chi connectivity index (χ1v) is 13.0. The second-order valence-electron chi connectivity index (χ2n) is 8.84. The van der Waals surface area contributed by atoms with Crippen LogP contribution in [-0.4, -0.2) is 63.8 Å². The molecular weight excluding hydrogens is 512 g/mol. The van der Waals surface area contributed by atoms with Gasteiger partial charge < -0.3 is 28.4 Å². The van der Waals surface area contributed by atoms with Gasteiger partial charge in [-0.2, -0.15) is 0 Å². The minimum absolute atomic E-state index is 0.0807. The summed E-state index contributed by atoms with van der Waals surface area (Å²) in [6.45, 7) is 15.3. The molecule has 8 nitrogen and oxygen atoms in total. The number of carbonyl (C=O) groups excluding carboxylic acids is 2. The van der Waals surface area contributed by atoms with E-state index in [1.807, 2.05) is 24.3 Å². The Bertz CT molecular complexity index is 1150. The van der Waals surface area contributed by atoms with Crippen LogP contribution in [0.5, 0.6) is 11.5 Å². The monoisotopic (exact) mass is 548 g/mol. The summed E-state index contributed by atoms with van der Waals surface area (Å²) in [7, 11) is 0. The van der Waals surface area contributed by atoms with Crippen LogP contribution in [0, 0.1) is 0 Å². The van der Waals surface area contributed by atoms with E-state index < -0.39 is 24.1 Å². The molecule has 0 amide bonds. The summed E-state index contributed by atoms with van der Waals surface area (Å²) in [5.41, 5.74) is 1.94. The largest absolute Gasteiger partial charge is 0.489 e. The van der Waals surface area contributed by atoms with E-state index in [1.165, 1.54) is 0 Å². The van der Waals surface area contributed by atoms with Gasteiger partial charge in [-0.3, -0.25) is 0 Å². The van der Waals surface area contributed by atoms with Crippen LogP contribution in [0.1, 0.15) is 11.1 Å². The average Bonchev–Trinajstić information content (AvgIpc) is 2.98. The highest BCUT2D eigenvalue weighted by atomic mass is 16.6. The van der Waals surface area contributed by atoms with Gasteiger partial charge in [0.15, 0.2) is 12.2 Å². The van der Waals surface area contributed by atoms with E-state index in [0.29, 0.717) is 37.6 Å². The lowest BCUT2D eigenvalue weighted by atomic mass is 9.90. The Morgan fingerprint density at radius 3 is 1.50 bits per heavy atom. The molecule has 0 saturated heterocycles. The molecule has 0 bridgehead atoms. The van der Waals surface area contributed by atoms with Gasteiger partial charge in [-0.15, -0.1) is 13.2 Å². The highest BCUT2D eigenvalue weighted by Gasteiger charge is 2.25. The van der Waals surface area contributed by atoms with Gasteiger partial charge in [0.05, 0.1) is 26.4 Å². The van der Waals surface area contributed by atoms with Gasteiger partial charge in [-0.05, 0) is 12.8 Å². The van der Waals surface area contributed by atoms with Crippen molar-refractivity contribution in [3.05, 3.63) is 98.2 Å². The molecule has 0 heterocycles. The lowest BCUT2D eigenvalue weighted by molar-refractivity contribution is -0.148. The summed E-state index contributed by atoms with van der Waals surface area (Å²) < 4.78 is 34.6. The van der Waals surface area contributed by atoms with E-state index in [0.717, 1.165) is 34.1 Å². The molecule has 0 aromatic heterocycles. The topological polar surface area (TPSA) is 89.5 Å². The van der Waals surface area contributed by atoms with Gasteiger partial charge in [0, 0.05) is 34.1 Å². The molecule has 40 heavy (non-hydrogen) atoms. The maximum absolute atomic E-state index is 11.9. The molecule has 8 heteroatoms. The highest BCUT2D eigenvalue weighted by Crippen LogP contribution is 2.43. The predicted octanol–water partition coefficient (Wildman–Crippen LogP) is 4.85. The van der Waals surface area contributed by atoms with Crippen molar-refractivity contribution in [2.45, 2.75) is 25.0 Å². The fraction of sp³-hybridized carbons (Fsp3) is 0.312. The molecule has 0 spiro atoms. The Labute approximate surface area is 235 Å². The molecule has 0 fully saturated rings. The quantitative estimate of drug-likeness (QED) is 0.113. The Kier molecular flexibility index (Phi) is 12.2. The van der Waals surface area contributed by atoms with E-state index >= 15 is 0 Å². The Balaban J connectivity index is 1.92. The summed E-state index contributed by atoms with van der Waals surface area (Å²) in [5.74, 6) is 0.264. The van der Waals surface area contributed by atoms with Gasteiger partial charge in [-0.25, -0.2) is 9.59 Å². The van der Waals surface area contributed by atoms with Crippen molar-refractivity contribution in [3.63, 3.8) is 0 Å². The highest BCUT2D eigenvalue weighted by molar-refractivity contribution is 5.96. The van der Waals surface area contributed by atoms with E-state index in [2.05, 4.69) is 38.5 Å². The van der Waals surface area contributed by atoms with Crippen LogP contribution in [0.25, 0.3) is 10.8 Å². The second kappa shape index (κ2) is 16.1. The Hall–Kier alpha value is -4.14. The van der Waals surface area contributed by atoms with Crippen LogP contribution in [-0.2, 0) is 41.4 Å². The van der Waals surface area contributed by atoms with Crippen LogP contribution in [0.4, 0.5) is 0 Å². The van der Waals surface area contributed by atoms with Crippen molar-refractivity contribution in [1.82, 2.24) is 0 Å². The number of carbonyl (C=O) groups is 2. The van der Waals surface area contributed by atoms with Crippen molar-refractivity contribution >= 4 is 22.7 Å². The first-order valence-electron chi connectivity index (χ1n) is 13.0. The van der Waals surface area contributed by atoms with Crippen LogP contribution in [0.15, 0.2) is 87.0 Å². The minimum atomic E-state index is -0.647. The average molecular weight is 549 g/mol. The SMILES string of the molecule is C=CCOCC(COc1c2c(c(OCC(COCC=C)OC(=O)C=C)c3ccccc13)CC=CC2)OC(=O)C=C. The van der Waals surface area contributed by atoms with Gasteiger partial charge in [-0.1, -0.05) is 61.7 Å². The van der Waals surface area contributed by atoms with Crippen molar-refractivity contribution in [2.24, 2.45) is 0 Å². The minimum Gasteiger partial charge on any atom is -0.489 e. The molecule has 3 rings (SSSR count). The van der Waals surface area contributed by atoms with E-state index in [-0.39, 0.29) is 26.4 Å². The van der Waals surface area contributed by atoms with Crippen LogP contribution in [0.2, 0.25) is 0 Å².